The molecule has 28 heavy (non-hydrogen) atoms. The Morgan fingerprint density at radius 3 is 2.54 bits per heavy atom. The number of amides is 2. The van der Waals surface area contributed by atoms with Gasteiger partial charge in [0, 0.05) is 12.1 Å². The van der Waals surface area contributed by atoms with Gasteiger partial charge in [-0.25, -0.2) is 4.79 Å². The highest BCUT2D eigenvalue weighted by Crippen LogP contribution is 2.24. The number of carboxylic acids is 1. The van der Waals surface area contributed by atoms with Crippen molar-refractivity contribution < 1.29 is 37.4 Å². The summed E-state index contributed by atoms with van der Waals surface area (Å²) in [4.78, 5) is 37.8. The molecule has 1 fully saturated rings. The molecule has 0 aromatic heterocycles. The number of halogens is 3. The molecular weight excluding hydrogens is 381 g/mol. The van der Waals surface area contributed by atoms with Crippen molar-refractivity contribution in [3.63, 3.8) is 0 Å². The summed E-state index contributed by atoms with van der Waals surface area (Å²) in [5.41, 5.74) is -0.114. The van der Waals surface area contributed by atoms with Crippen LogP contribution >= 0.6 is 0 Å². The van der Waals surface area contributed by atoms with E-state index < -0.39 is 42.0 Å². The van der Waals surface area contributed by atoms with Crippen molar-refractivity contribution in [2.75, 3.05) is 6.54 Å². The van der Waals surface area contributed by atoms with Crippen LogP contribution in [0.25, 0.3) is 0 Å². The average molecular weight is 402 g/mol. The minimum absolute atomic E-state index is 0.114. The maximum atomic E-state index is 12.8. The Balaban J connectivity index is 2.16. The predicted octanol–water partition coefficient (Wildman–Crippen LogP) is 2.42. The monoisotopic (exact) mass is 402 g/mol. The molecule has 154 valence electrons. The van der Waals surface area contributed by atoms with Crippen molar-refractivity contribution in [1.82, 2.24) is 10.2 Å². The van der Waals surface area contributed by atoms with Crippen LogP contribution in [0.15, 0.2) is 24.3 Å². The van der Waals surface area contributed by atoms with Gasteiger partial charge in [0.15, 0.2) is 0 Å². The Morgan fingerprint density at radius 1 is 1.29 bits per heavy atom. The van der Waals surface area contributed by atoms with Crippen molar-refractivity contribution >= 4 is 17.8 Å². The number of nitrogens with zero attached hydrogens (tertiary/aromatic N) is 1. The summed E-state index contributed by atoms with van der Waals surface area (Å²) < 4.78 is 40.8. The van der Waals surface area contributed by atoms with Crippen molar-refractivity contribution in [3.8, 4) is 5.75 Å². The Kier molecular flexibility index (Phi) is 6.52. The number of hydrogen-bond donors (Lipinski definition) is 2. The normalized spacial score (nSPS) is 18.1. The van der Waals surface area contributed by atoms with Gasteiger partial charge in [0.2, 0.25) is 5.91 Å². The Morgan fingerprint density at radius 2 is 1.96 bits per heavy atom. The number of likely N-dealkylation sites (tertiary alicyclic amines) is 1. The quantitative estimate of drug-likeness (QED) is 0.762. The molecule has 7 nitrogen and oxygen atoms in total. The minimum Gasteiger partial charge on any atom is -0.480 e. The third kappa shape index (κ3) is 5.37. The van der Waals surface area contributed by atoms with Gasteiger partial charge in [0.1, 0.15) is 17.8 Å². The van der Waals surface area contributed by atoms with E-state index in [2.05, 4.69) is 10.1 Å². The molecule has 10 heteroatoms. The van der Waals surface area contributed by atoms with Gasteiger partial charge in [-0.1, -0.05) is 19.9 Å². The number of ether oxygens (including phenoxy) is 1. The summed E-state index contributed by atoms with van der Waals surface area (Å²) in [7, 11) is 0. The zero-order valence-corrected chi connectivity index (χ0v) is 15.3. The standard InChI is InChI=1S/C18H21F3N2O5/c1-10(2)14(16(25)23-8-4-7-13(23)17(26)27)22-15(24)11-5-3-6-12(9-11)28-18(19,20)21/h3,5-6,9-10,13-14H,4,7-8H2,1-2H3,(H,22,24)(H,26,27)/t13-,14-/m0/s1. The lowest BCUT2D eigenvalue weighted by molar-refractivity contribution is -0.274. The van der Waals surface area contributed by atoms with Crippen LogP contribution in [0, 0.1) is 5.92 Å². The predicted molar refractivity (Wildman–Crippen MR) is 91.6 cm³/mol. The van der Waals surface area contributed by atoms with Gasteiger partial charge in [-0.3, -0.25) is 9.59 Å². The maximum absolute atomic E-state index is 12.8. The topological polar surface area (TPSA) is 95.9 Å². The first-order chi connectivity index (χ1) is 13.0. The van der Waals surface area contributed by atoms with Crippen molar-refractivity contribution in [2.45, 2.75) is 45.1 Å². The van der Waals surface area contributed by atoms with Crippen LogP contribution in [0.2, 0.25) is 0 Å². The third-order valence-corrected chi connectivity index (χ3v) is 4.37. The van der Waals surface area contributed by atoms with Gasteiger partial charge in [0.05, 0.1) is 0 Å². The number of carbonyl (C=O) groups is 3. The fourth-order valence-corrected chi connectivity index (χ4v) is 3.04. The van der Waals surface area contributed by atoms with Gasteiger partial charge in [0.25, 0.3) is 5.91 Å². The molecule has 2 N–H and O–H groups in total. The summed E-state index contributed by atoms with van der Waals surface area (Å²) >= 11 is 0. The molecule has 2 amide bonds. The molecule has 0 saturated carbocycles. The molecule has 1 aliphatic rings. The van der Waals surface area contributed by atoms with Crippen molar-refractivity contribution in [1.29, 1.82) is 0 Å². The number of benzene rings is 1. The Hall–Kier alpha value is -2.78. The van der Waals surface area contributed by atoms with E-state index >= 15 is 0 Å². The molecule has 2 atom stereocenters. The fourth-order valence-electron chi connectivity index (χ4n) is 3.04. The minimum atomic E-state index is -4.90. The second-order valence-electron chi connectivity index (χ2n) is 6.80. The van der Waals surface area contributed by atoms with Crippen LogP contribution in [0.4, 0.5) is 13.2 Å². The SMILES string of the molecule is CC(C)[C@H](NC(=O)c1cccc(OC(F)(F)F)c1)C(=O)N1CCC[C@H]1C(=O)O. The Labute approximate surface area is 159 Å². The highest BCUT2D eigenvalue weighted by molar-refractivity contribution is 5.98. The molecule has 0 bridgehead atoms. The van der Waals surface area contributed by atoms with E-state index in [1.54, 1.807) is 13.8 Å². The van der Waals surface area contributed by atoms with Crippen LogP contribution in [-0.4, -0.2) is 52.8 Å². The molecule has 0 spiro atoms. The first-order valence-corrected chi connectivity index (χ1v) is 8.69. The molecule has 0 radical (unpaired) electrons. The molecule has 0 unspecified atom stereocenters. The van der Waals surface area contributed by atoms with E-state index in [4.69, 9.17) is 0 Å². The highest BCUT2D eigenvalue weighted by Gasteiger charge is 2.38. The summed E-state index contributed by atoms with van der Waals surface area (Å²) in [6.07, 6.45) is -4.03. The van der Waals surface area contributed by atoms with Gasteiger partial charge < -0.3 is 20.1 Å². The molecule has 0 aliphatic carbocycles. The summed E-state index contributed by atoms with van der Waals surface area (Å²) in [6, 6.07) is 2.52. The van der Waals surface area contributed by atoms with Crippen LogP contribution < -0.4 is 10.1 Å². The van der Waals surface area contributed by atoms with Crippen molar-refractivity contribution in [3.05, 3.63) is 29.8 Å². The van der Waals surface area contributed by atoms with E-state index in [1.165, 1.54) is 17.0 Å². The molecule has 1 saturated heterocycles. The first-order valence-electron chi connectivity index (χ1n) is 8.69. The van der Waals surface area contributed by atoms with E-state index in [9.17, 15) is 32.7 Å². The number of carboxylic acid groups (broad SMARTS) is 1. The van der Waals surface area contributed by atoms with Gasteiger partial charge >= 0.3 is 12.3 Å². The van der Waals surface area contributed by atoms with E-state index in [-0.39, 0.29) is 18.0 Å². The summed E-state index contributed by atoms with van der Waals surface area (Å²) in [5.74, 6) is -3.32. The third-order valence-electron chi connectivity index (χ3n) is 4.37. The fraction of sp³-hybridized carbons (Fsp3) is 0.500. The number of nitrogens with one attached hydrogen (secondary N) is 1. The lowest BCUT2D eigenvalue weighted by Crippen LogP contribution is -2.53. The van der Waals surface area contributed by atoms with Gasteiger partial charge in [-0.2, -0.15) is 0 Å². The van der Waals surface area contributed by atoms with Crippen LogP contribution in [-0.2, 0) is 9.59 Å². The molecule has 2 rings (SSSR count). The highest BCUT2D eigenvalue weighted by atomic mass is 19.4. The Bertz CT molecular complexity index is 751. The van der Waals surface area contributed by atoms with Crippen molar-refractivity contribution in [2.24, 2.45) is 5.92 Å². The van der Waals surface area contributed by atoms with E-state index in [1.807, 2.05) is 0 Å². The summed E-state index contributed by atoms with van der Waals surface area (Å²) in [5, 5.41) is 11.7. The first kappa shape index (κ1) is 21.5. The molecule has 1 aliphatic heterocycles. The zero-order valence-electron chi connectivity index (χ0n) is 15.3. The summed E-state index contributed by atoms with van der Waals surface area (Å²) in [6.45, 7) is 3.62. The molecule has 1 aromatic rings. The lowest BCUT2D eigenvalue weighted by atomic mass is 10.0. The van der Waals surface area contributed by atoms with Crippen LogP contribution in [0.1, 0.15) is 37.0 Å². The van der Waals surface area contributed by atoms with Gasteiger partial charge in [-0.15, -0.1) is 13.2 Å². The average Bonchev–Trinajstić information content (AvgIpc) is 3.07. The van der Waals surface area contributed by atoms with Gasteiger partial charge in [-0.05, 0) is 37.0 Å². The molecular formula is C18H21F3N2O5. The molecule has 1 heterocycles. The smallest absolute Gasteiger partial charge is 0.480 e. The zero-order chi connectivity index (χ0) is 21.1. The number of hydrogen-bond acceptors (Lipinski definition) is 4. The van der Waals surface area contributed by atoms with E-state index in [0.717, 1.165) is 12.1 Å². The number of rotatable bonds is 6. The second-order valence-corrected chi connectivity index (χ2v) is 6.80. The molecule has 1 aromatic carbocycles. The van der Waals surface area contributed by atoms with Crippen LogP contribution in [0.5, 0.6) is 5.75 Å². The van der Waals surface area contributed by atoms with E-state index in [0.29, 0.717) is 12.8 Å². The number of aliphatic carboxylic acids is 1. The van der Waals surface area contributed by atoms with Crippen LogP contribution in [0.3, 0.4) is 0 Å². The number of alkyl halides is 3. The lowest BCUT2D eigenvalue weighted by Gasteiger charge is -2.29. The largest absolute Gasteiger partial charge is 0.573 e. The second kappa shape index (κ2) is 8.49. The number of carbonyl (C=O) groups excluding carboxylic acids is 2. The maximum Gasteiger partial charge on any atom is 0.573 e.